The van der Waals surface area contributed by atoms with Crippen LogP contribution in [0.3, 0.4) is 0 Å². The fourth-order valence-electron chi connectivity index (χ4n) is 2.84. The first-order valence-corrected chi connectivity index (χ1v) is 10.6. The maximum absolute atomic E-state index is 5.94. The van der Waals surface area contributed by atoms with Crippen molar-refractivity contribution >= 4 is 0 Å². The second kappa shape index (κ2) is 11.0. The van der Waals surface area contributed by atoms with Gasteiger partial charge < -0.3 is 18.9 Å². The molecule has 1 saturated carbocycles. The molecule has 5 nitrogen and oxygen atoms in total. The third kappa shape index (κ3) is 10.7. The molecular weight excluding hydrogens is 366 g/mol. The highest BCUT2D eigenvalue weighted by Gasteiger charge is 2.34. The molecule has 0 radical (unpaired) electrons. The van der Waals surface area contributed by atoms with E-state index < -0.39 is 0 Å². The van der Waals surface area contributed by atoms with Crippen molar-refractivity contribution in [1.29, 1.82) is 0 Å². The minimum atomic E-state index is -0.0940. The number of aromatic nitrogens is 1. The molecule has 1 aliphatic rings. The van der Waals surface area contributed by atoms with Crippen LogP contribution in [0.15, 0.2) is 18.3 Å². The molecule has 0 aromatic carbocycles. The molecule has 5 heteroatoms. The van der Waals surface area contributed by atoms with Crippen molar-refractivity contribution in [3.05, 3.63) is 24.0 Å². The minimum absolute atomic E-state index is 0.0833. The molecule has 1 aromatic rings. The van der Waals surface area contributed by atoms with Gasteiger partial charge in [-0.25, -0.2) is 4.98 Å². The Balaban J connectivity index is 1.57. The Morgan fingerprint density at radius 3 is 2.34 bits per heavy atom. The highest BCUT2D eigenvalue weighted by atomic mass is 16.5. The molecule has 1 aromatic heterocycles. The Hall–Kier alpha value is -1.61. The van der Waals surface area contributed by atoms with Crippen LogP contribution in [0.5, 0.6) is 5.75 Å². The van der Waals surface area contributed by atoms with Crippen LogP contribution < -0.4 is 4.74 Å². The molecule has 0 bridgehead atoms. The van der Waals surface area contributed by atoms with E-state index in [0.29, 0.717) is 25.7 Å². The molecule has 1 fully saturated rings. The number of hydrogen-bond acceptors (Lipinski definition) is 5. The van der Waals surface area contributed by atoms with Crippen molar-refractivity contribution in [2.24, 2.45) is 0 Å². The Labute approximate surface area is 176 Å². The second-order valence-corrected chi connectivity index (χ2v) is 9.42. The van der Waals surface area contributed by atoms with Gasteiger partial charge in [-0.1, -0.05) is 5.92 Å². The van der Waals surface area contributed by atoms with Gasteiger partial charge in [-0.3, -0.25) is 0 Å². The smallest absolute Gasteiger partial charge is 0.138 e. The molecule has 0 amide bonds. The molecule has 1 aliphatic carbocycles. The summed E-state index contributed by atoms with van der Waals surface area (Å²) in [5.41, 5.74) is 0.571. The number of pyridine rings is 1. The summed E-state index contributed by atoms with van der Waals surface area (Å²) >= 11 is 0. The monoisotopic (exact) mass is 403 g/mol. The second-order valence-electron chi connectivity index (χ2n) is 9.42. The van der Waals surface area contributed by atoms with Gasteiger partial charge in [-0.2, -0.15) is 0 Å². The van der Waals surface area contributed by atoms with Gasteiger partial charge in [0, 0.05) is 32.5 Å². The SMILES string of the molecule is CC(C)(C)OCCCOCCC#Cc1ccc(OC2CC(OC(C)(C)C)C2)cn1. The Morgan fingerprint density at radius 2 is 1.72 bits per heavy atom. The predicted octanol–water partition coefficient (Wildman–Crippen LogP) is 4.77. The summed E-state index contributed by atoms with van der Waals surface area (Å²) in [6.07, 6.45) is 5.71. The van der Waals surface area contributed by atoms with Crippen LogP contribution in [0.25, 0.3) is 0 Å². The van der Waals surface area contributed by atoms with Crippen molar-refractivity contribution in [3.8, 4) is 17.6 Å². The molecule has 0 spiro atoms. The Bertz CT molecular complexity index is 655. The van der Waals surface area contributed by atoms with Gasteiger partial charge in [-0.05, 0) is 66.0 Å². The van der Waals surface area contributed by atoms with E-state index in [9.17, 15) is 0 Å². The van der Waals surface area contributed by atoms with E-state index in [1.54, 1.807) is 6.20 Å². The van der Waals surface area contributed by atoms with Gasteiger partial charge >= 0.3 is 0 Å². The molecule has 0 unspecified atom stereocenters. The zero-order valence-electron chi connectivity index (χ0n) is 18.9. The third-order valence-electron chi connectivity index (χ3n) is 4.17. The molecule has 2 rings (SSSR count). The van der Waals surface area contributed by atoms with Crippen LogP contribution in [-0.4, -0.2) is 48.2 Å². The average molecular weight is 404 g/mol. The Kier molecular flexibility index (Phi) is 8.95. The van der Waals surface area contributed by atoms with Gasteiger partial charge in [0.15, 0.2) is 0 Å². The van der Waals surface area contributed by atoms with Gasteiger partial charge in [0.05, 0.1) is 30.1 Å². The van der Waals surface area contributed by atoms with Crippen LogP contribution in [-0.2, 0) is 14.2 Å². The van der Waals surface area contributed by atoms with E-state index in [1.165, 1.54) is 0 Å². The van der Waals surface area contributed by atoms with Crippen LogP contribution in [0.2, 0.25) is 0 Å². The average Bonchev–Trinajstić information content (AvgIpc) is 2.57. The summed E-state index contributed by atoms with van der Waals surface area (Å²) < 4.78 is 23.1. The summed E-state index contributed by atoms with van der Waals surface area (Å²) in [6.45, 7) is 14.5. The quantitative estimate of drug-likeness (QED) is 0.439. The van der Waals surface area contributed by atoms with Crippen LogP contribution >= 0.6 is 0 Å². The first-order chi connectivity index (χ1) is 13.6. The lowest BCUT2D eigenvalue weighted by Crippen LogP contribution is -2.43. The lowest BCUT2D eigenvalue weighted by Gasteiger charge is -2.39. The van der Waals surface area contributed by atoms with Crippen molar-refractivity contribution < 1.29 is 18.9 Å². The van der Waals surface area contributed by atoms with Gasteiger partial charge in [0.1, 0.15) is 17.5 Å². The van der Waals surface area contributed by atoms with Crippen LogP contribution in [0.4, 0.5) is 0 Å². The van der Waals surface area contributed by atoms with E-state index in [4.69, 9.17) is 18.9 Å². The number of rotatable bonds is 9. The third-order valence-corrected chi connectivity index (χ3v) is 4.17. The van der Waals surface area contributed by atoms with Crippen LogP contribution in [0, 0.1) is 11.8 Å². The summed E-state index contributed by atoms with van der Waals surface area (Å²) in [7, 11) is 0. The van der Waals surface area contributed by atoms with E-state index >= 15 is 0 Å². The zero-order chi connectivity index (χ0) is 21.3. The van der Waals surface area contributed by atoms with E-state index in [2.05, 4.69) is 58.4 Å². The maximum atomic E-state index is 5.94. The summed E-state index contributed by atoms with van der Waals surface area (Å²) in [6, 6.07) is 3.83. The molecule has 162 valence electrons. The molecule has 1 heterocycles. The fraction of sp³-hybridized carbons (Fsp3) is 0.708. The molecule has 0 N–H and O–H groups in total. The predicted molar refractivity (Wildman–Crippen MR) is 115 cm³/mol. The number of hydrogen-bond donors (Lipinski definition) is 0. The fourth-order valence-corrected chi connectivity index (χ4v) is 2.84. The molecule has 29 heavy (non-hydrogen) atoms. The molecule has 0 aliphatic heterocycles. The summed E-state index contributed by atoms with van der Waals surface area (Å²) in [5.74, 6) is 6.95. The van der Waals surface area contributed by atoms with E-state index in [1.807, 2.05) is 12.1 Å². The first-order valence-electron chi connectivity index (χ1n) is 10.6. The topological polar surface area (TPSA) is 49.8 Å². The molecule has 0 saturated heterocycles. The minimum Gasteiger partial charge on any atom is -0.489 e. The standard InChI is InChI=1S/C24H37NO4/c1-23(2,3)27-15-9-14-26-13-8-7-10-19-11-12-20(18-25-19)28-21-16-22(17-21)29-24(4,5)6/h11-12,18,21-22H,8-9,13-17H2,1-6H3. The lowest BCUT2D eigenvalue weighted by molar-refractivity contribution is -0.126. The lowest BCUT2D eigenvalue weighted by atomic mass is 9.91. The van der Waals surface area contributed by atoms with E-state index in [0.717, 1.165) is 37.3 Å². The van der Waals surface area contributed by atoms with Crippen molar-refractivity contribution in [1.82, 2.24) is 4.98 Å². The van der Waals surface area contributed by atoms with Gasteiger partial charge in [0.2, 0.25) is 0 Å². The molecule has 0 atom stereocenters. The van der Waals surface area contributed by atoms with Gasteiger partial charge in [-0.15, -0.1) is 0 Å². The largest absolute Gasteiger partial charge is 0.489 e. The highest BCUT2D eigenvalue weighted by Crippen LogP contribution is 2.30. The van der Waals surface area contributed by atoms with Crippen LogP contribution in [0.1, 0.15) is 72.9 Å². The van der Waals surface area contributed by atoms with Crippen molar-refractivity contribution in [2.75, 3.05) is 19.8 Å². The zero-order valence-corrected chi connectivity index (χ0v) is 18.9. The molecular formula is C24H37NO4. The van der Waals surface area contributed by atoms with Crippen molar-refractivity contribution in [2.45, 2.75) is 90.6 Å². The van der Waals surface area contributed by atoms with Crippen molar-refractivity contribution in [3.63, 3.8) is 0 Å². The normalized spacial score (nSPS) is 19.2. The number of ether oxygens (including phenoxy) is 4. The highest BCUT2D eigenvalue weighted by molar-refractivity contribution is 5.31. The summed E-state index contributed by atoms with van der Waals surface area (Å²) in [4.78, 5) is 4.36. The van der Waals surface area contributed by atoms with Gasteiger partial charge in [0.25, 0.3) is 0 Å². The van der Waals surface area contributed by atoms with E-state index in [-0.39, 0.29) is 17.3 Å². The first kappa shape index (κ1) is 23.7. The summed E-state index contributed by atoms with van der Waals surface area (Å²) in [5, 5.41) is 0. The number of nitrogens with zero attached hydrogens (tertiary/aromatic N) is 1. The maximum Gasteiger partial charge on any atom is 0.138 e. The Morgan fingerprint density at radius 1 is 0.966 bits per heavy atom.